The quantitative estimate of drug-likeness (QED) is 0.439. The normalized spacial score (nSPS) is 10.9. The Labute approximate surface area is 161 Å². The maximum absolute atomic E-state index is 14.4. The summed E-state index contributed by atoms with van der Waals surface area (Å²) in [4.78, 5) is 25.5. The molecule has 2 rings (SSSR count). The number of hydrogen-bond donors (Lipinski definition) is 1. The smallest absolute Gasteiger partial charge is 0.342 e. The van der Waals surface area contributed by atoms with Crippen molar-refractivity contribution in [2.24, 2.45) is 7.05 Å². The van der Waals surface area contributed by atoms with Crippen LogP contribution >= 0.6 is 11.8 Å². The number of methoxy groups -OCH3 is 1. The molecular formula is C19H21FN2O4S. The van der Waals surface area contributed by atoms with Crippen LogP contribution in [0.15, 0.2) is 40.2 Å². The maximum Gasteiger partial charge on any atom is 0.342 e. The third-order valence-corrected chi connectivity index (χ3v) is 4.53. The fourth-order valence-corrected chi connectivity index (χ4v) is 2.81. The second-order valence-electron chi connectivity index (χ2n) is 5.44. The number of ether oxygens (including phenoxy) is 2. The van der Waals surface area contributed by atoms with Gasteiger partial charge in [-0.15, -0.1) is 11.8 Å². The van der Waals surface area contributed by atoms with E-state index in [1.165, 1.54) is 55.0 Å². The van der Waals surface area contributed by atoms with Gasteiger partial charge >= 0.3 is 5.97 Å². The average Bonchev–Trinajstić information content (AvgIpc) is 2.66. The van der Waals surface area contributed by atoms with Crippen molar-refractivity contribution in [1.29, 1.82) is 0 Å². The van der Waals surface area contributed by atoms with Gasteiger partial charge in [0.2, 0.25) is 0 Å². The molecule has 8 heteroatoms. The number of pyridine rings is 1. The van der Waals surface area contributed by atoms with Gasteiger partial charge in [-0.2, -0.15) is 0 Å². The number of carbonyl (C=O) groups is 1. The number of halogens is 1. The lowest BCUT2D eigenvalue weighted by Gasteiger charge is -2.17. The lowest BCUT2D eigenvalue weighted by molar-refractivity contribution is 0.0601. The monoisotopic (exact) mass is 392 g/mol. The minimum Gasteiger partial charge on any atom is -0.501 e. The molecule has 0 spiro atoms. The summed E-state index contributed by atoms with van der Waals surface area (Å²) >= 11 is 1.41. The van der Waals surface area contributed by atoms with Gasteiger partial charge in [-0.25, -0.2) is 9.18 Å². The summed E-state index contributed by atoms with van der Waals surface area (Å²) in [7, 11) is 2.72. The molecule has 0 radical (unpaired) electrons. The second kappa shape index (κ2) is 9.27. The summed E-state index contributed by atoms with van der Waals surface area (Å²) in [6.45, 7) is 2.25. The van der Waals surface area contributed by atoms with Gasteiger partial charge in [-0.05, 0) is 37.5 Å². The molecule has 1 aromatic heterocycles. The van der Waals surface area contributed by atoms with Crippen molar-refractivity contribution < 1.29 is 18.7 Å². The third kappa shape index (κ3) is 4.71. The molecule has 0 aliphatic rings. The van der Waals surface area contributed by atoms with Crippen LogP contribution < -0.4 is 10.9 Å². The van der Waals surface area contributed by atoms with Crippen molar-refractivity contribution in [3.63, 3.8) is 0 Å². The highest BCUT2D eigenvalue weighted by Crippen LogP contribution is 2.28. The van der Waals surface area contributed by atoms with Crippen molar-refractivity contribution in [1.82, 2.24) is 4.57 Å². The van der Waals surface area contributed by atoms with E-state index in [0.29, 0.717) is 12.2 Å². The summed E-state index contributed by atoms with van der Waals surface area (Å²) < 4.78 is 25.6. The van der Waals surface area contributed by atoms with Crippen LogP contribution in [0, 0.1) is 5.82 Å². The molecule has 0 unspecified atom stereocenters. The minimum absolute atomic E-state index is 0.101. The van der Waals surface area contributed by atoms with Crippen LogP contribution in [0.4, 0.5) is 15.9 Å². The first-order chi connectivity index (χ1) is 12.9. The molecule has 6 nitrogen and oxygen atoms in total. The van der Waals surface area contributed by atoms with Gasteiger partial charge in [0.25, 0.3) is 5.56 Å². The predicted molar refractivity (Wildman–Crippen MR) is 105 cm³/mol. The van der Waals surface area contributed by atoms with E-state index in [2.05, 4.69) is 5.32 Å². The summed E-state index contributed by atoms with van der Waals surface area (Å²) in [6, 6.07) is 5.96. The number of esters is 1. The summed E-state index contributed by atoms with van der Waals surface area (Å²) in [5.74, 6) is -1.04. The number of thioether (sulfide) groups is 1. The van der Waals surface area contributed by atoms with Crippen LogP contribution in [0.1, 0.15) is 22.8 Å². The molecule has 0 aliphatic carbocycles. The molecular weight excluding hydrogens is 371 g/mol. The molecule has 1 N–H and O–H groups in total. The van der Waals surface area contributed by atoms with Crippen molar-refractivity contribution in [3.8, 4) is 0 Å². The van der Waals surface area contributed by atoms with Crippen molar-refractivity contribution in [3.05, 3.63) is 57.8 Å². The zero-order valence-corrected chi connectivity index (χ0v) is 16.4. The standard InChI is InChI=1S/C19H21FN2O4S/c1-5-26-9-8-12-10-16(23)22(2)18(17(12)19(24)25-3)21-15-7-6-13(27-4)11-14(15)20/h6-11,21H,5H2,1-4H3/b9-8+. The molecule has 0 saturated heterocycles. The molecule has 0 aliphatic heterocycles. The molecule has 2 aromatic rings. The van der Waals surface area contributed by atoms with Crippen molar-refractivity contribution in [2.75, 3.05) is 25.3 Å². The Morgan fingerprint density at radius 3 is 2.70 bits per heavy atom. The highest BCUT2D eigenvalue weighted by molar-refractivity contribution is 7.98. The maximum atomic E-state index is 14.4. The van der Waals surface area contributed by atoms with E-state index >= 15 is 0 Å². The minimum atomic E-state index is -0.662. The first kappa shape index (κ1) is 20.6. The largest absolute Gasteiger partial charge is 0.501 e. The van der Waals surface area contributed by atoms with Gasteiger partial charge in [-0.3, -0.25) is 9.36 Å². The topological polar surface area (TPSA) is 69.6 Å². The molecule has 0 saturated carbocycles. The summed E-state index contributed by atoms with van der Waals surface area (Å²) in [5, 5.41) is 2.85. The number of nitrogens with one attached hydrogen (secondary N) is 1. The zero-order chi connectivity index (χ0) is 20.0. The van der Waals surface area contributed by atoms with Crippen LogP contribution in [-0.2, 0) is 16.5 Å². The molecule has 0 fully saturated rings. The van der Waals surface area contributed by atoms with Crippen molar-refractivity contribution in [2.45, 2.75) is 11.8 Å². The Morgan fingerprint density at radius 1 is 1.37 bits per heavy atom. The van der Waals surface area contributed by atoms with E-state index in [9.17, 15) is 14.0 Å². The van der Waals surface area contributed by atoms with Gasteiger partial charge in [-0.1, -0.05) is 0 Å². The lowest BCUT2D eigenvalue weighted by Crippen LogP contribution is -2.24. The van der Waals surface area contributed by atoms with E-state index in [-0.39, 0.29) is 22.6 Å². The number of rotatable bonds is 7. The van der Waals surface area contributed by atoms with Crippen LogP contribution in [0.5, 0.6) is 0 Å². The molecule has 27 heavy (non-hydrogen) atoms. The number of aromatic nitrogens is 1. The Kier molecular flexibility index (Phi) is 7.06. The third-order valence-electron chi connectivity index (χ3n) is 3.80. The van der Waals surface area contributed by atoms with E-state index in [1.807, 2.05) is 13.2 Å². The highest BCUT2D eigenvalue weighted by Gasteiger charge is 2.21. The van der Waals surface area contributed by atoms with Crippen LogP contribution in [0.2, 0.25) is 0 Å². The second-order valence-corrected chi connectivity index (χ2v) is 6.32. The molecule has 1 aromatic carbocycles. The number of nitrogens with zero attached hydrogens (tertiary/aromatic N) is 1. The molecule has 0 bridgehead atoms. The molecule has 1 heterocycles. The Morgan fingerprint density at radius 2 is 2.11 bits per heavy atom. The summed E-state index contributed by atoms with van der Waals surface area (Å²) in [5.41, 5.74) is 0.173. The van der Waals surface area contributed by atoms with E-state index in [4.69, 9.17) is 9.47 Å². The van der Waals surface area contributed by atoms with E-state index < -0.39 is 11.8 Å². The van der Waals surface area contributed by atoms with Crippen LogP contribution in [-0.4, -0.2) is 30.5 Å². The van der Waals surface area contributed by atoms with Gasteiger partial charge in [0.1, 0.15) is 17.2 Å². The zero-order valence-electron chi connectivity index (χ0n) is 15.5. The molecule has 0 amide bonds. The Balaban J connectivity index is 2.62. The Hall–Kier alpha value is -2.74. The first-order valence-electron chi connectivity index (χ1n) is 8.14. The van der Waals surface area contributed by atoms with Crippen LogP contribution in [0.25, 0.3) is 6.08 Å². The number of anilines is 2. The van der Waals surface area contributed by atoms with Crippen molar-refractivity contribution >= 4 is 35.3 Å². The predicted octanol–water partition coefficient (Wildman–Crippen LogP) is 3.78. The molecule has 0 atom stereocenters. The molecule has 144 valence electrons. The fraction of sp³-hybridized carbons (Fsp3) is 0.263. The van der Waals surface area contributed by atoms with E-state index in [1.54, 1.807) is 12.1 Å². The fourth-order valence-electron chi connectivity index (χ4n) is 2.38. The number of carbonyl (C=O) groups excluding carboxylic acids is 1. The number of benzene rings is 1. The SMILES string of the molecule is CCO/C=C/c1cc(=O)n(C)c(Nc2ccc(SC)cc2F)c1C(=O)OC. The van der Waals surface area contributed by atoms with Gasteiger partial charge in [0.05, 0.1) is 25.7 Å². The van der Waals surface area contributed by atoms with Gasteiger partial charge < -0.3 is 14.8 Å². The average molecular weight is 392 g/mol. The van der Waals surface area contributed by atoms with E-state index in [0.717, 1.165) is 4.90 Å². The first-order valence-corrected chi connectivity index (χ1v) is 9.36. The number of hydrogen-bond acceptors (Lipinski definition) is 6. The van der Waals surface area contributed by atoms with Gasteiger partial charge in [0, 0.05) is 23.6 Å². The van der Waals surface area contributed by atoms with Crippen LogP contribution in [0.3, 0.4) is 0 Å². The lowest BCUT2D eigenvalue weighted by atomic mass is 10.1. The Bertz CT molecular complexity index is 925. The summed E-state index contributed by atoms with van der Waals surface area (Å²) in [6.07, 6.45) is 4.73. The van der Waals surface area contributed by atoms with Gasteiger partial charge in [0.15, 0.2) is 0 Å². The highest BCUT2D eigenvalue weighted by atomic mass is 32.2.